The van der Waals surface area contributed by atoms with Gasteiger partial charge in [0.25, 0.3) is 10.0 Å². The van der Waals surface area contributed by atoms with E-state index in [2.05, 4.69) is 9.71 Å². The Morgan fingerprint density at radius 3 is 2.40 bits per heavy atom. The summed E-state index contributed by atoms with van der Waals surface area (Å²) in [6.07, 6.45) is 1.62. The van der Waals surface area contributed by atoms with E-state index < -0.39 is 15.8 Å². The zero-order chi connectivity index (χ0) is 14.6. The van der Waals surface area contributed by atoms with E-state index in [1.54, 1.807) is 12.1 Å². The molecule has 0 amide bonds. The molecular weight excluding hydrogens is 303 g/mol. The number of halogens is 2. The maximum absolute atomic E-state index is 12.7. The van der Waals surface area contributed by atoms with Crippen LogP contribution in [0.4, 0.5) is 10.2 Å². The Kier molecular flexibility index (Phi) is 4.57. The normalized spacial score (nSPS) is 11.3. The van der Waals surface area contributed by atoms with Crippen molar-refractivity contribution in [1.82, 2.24) is 4.98 Å². The van der Waals surface area contributed by atoms with Gasteiger partial charge in [-0.15, -0.1) is 11.6 Å². The number of nitrogens with one attached hydrogen (secondary N) is 1. The molecule has 0 fully saturated rings. The minimum absolute atomic E-state index is 0.0660. The number of sulfonamides is 1. The van der Waals surface area contributed by atoms with Crippen molar-refractivity contribution in [2.45, 2.75) is 11.3 Å². The first-order chi connectivity index (χ1) is 9.51. The van der Waals surface area contributed by atoms with E-state index in [1.165, 1.54) is 18.2 Å². The average Bonchev–Trinajstić information content (AvgIpc) is 2.42. The van der Waals surface area contributed by atoms with Crippen LogP contribution in [0, 0.1) is 5.82 Å². The molecule has 2 aromatic rings. The molecule has 0 aliphatic carbocycles. The van der Waals surface area contributed by atoms with Gasteiger partial charge in [0.2, 0.25) is 0 Å². The molecule has 0 atom stereocenters. The molecule has 1 aromatic carbocycles. The average molecular weight is 315 g/mol. The van der Waals surface area contributed by atoms with Crippen LogP contribution in [0.5, 0.6) is 0 Å². The van der Waals surface area contributed by atoms with Crippen molar-refractivity contribution in [3.8, 4) is 0 Å². The van der Waals surface area contributed by atoms with Crippen LogP contribution in [0.3, 0.4) is 0 Å². The molecule has 0 aliphatic heterocycles. The fourth-order valence-corrected chi connectivity index (χ4v) is 2.80. The van der Waals surface area contributed by atoms with Crippen molar-refractivity contribution in [3.63, 3.8) is 0 Å². The summed E-state index contributed by atoms with van der Waals surface area (Å²) in [5, 5.41) is 0. The van der Waals surface area contributed by atoms with Gasteiger partial charge in [0.15, 0.2) is 0 Å². The van der Waals surface area contributed by atoms with Gasteiger partial charge < -0.3 is 0 Å². The van der Waals surface area contributed by atoms with Crippen LogP contribution in [-0.2, 0) is 16.4 Å². The molecule has 0 radical (unpaired) electrons. The fourth-order valence-electron chi connectivity index (χ4n) is 1.58. The number of benzene rings is 1. The van der Waals surface area contributed by atoms with E-state index >= 15 is 0 Å². The van der Waals surface area contributed by atoms with Crippen molar-refractivity contribution in [2.75, 3.05) is 10.6 Å². The number of rotatable bonds is 5. The summed E-state index contributed by atoms with van der Waals surface area (Å²) in [6.45, 7) is 0. The Hall–Kier alpha value is -1.66. The molecule has 1 heterocycles. The third-order valence-corrected chi connectivity index (χ3v) is 4.14. The van der Waals surface area contributed by atoms with E-state index in [9.17, 15) is 12.8 Å². The minimum atomic E-state index is -3.73. The summed E-state index contributed by atoms with van der Waals surface area (Å²) in [6, 6.07) is 8.79. The van der Waals surface area contributed by atoms with Gasteiger partial charge in [0.05, 0.1) is 11.1 Å². The molecule has 0 aliphatic rings. The third-order valence-electron chi connectivity index (χ3n) is 2.58. The van der Waals surface area contributed by atoms with Crippen molar-refractivity contribution in [3.05, 3.63) is 54.0 Å². The van der Waals surface area contributed by atoms with Gasteiger partial charge in [0, 0.05) is 5.88 Å². The van der Waals surface area contributed by atoms with E-state index in [4.69, 9.17) is 11.6 Å². The Balaban J connectivity index is 2.19. The number of alkyl halides is 1. The lowest BCUT2D eigenvalue weighted by atomic mass is 10.2. The number of anilines is 1. The number of hydrogen-bond acceptors (Lipinski definition) is 3. The molecule has 7 heteroatoms. The highest BCUT2D eigenvalue weighted by Gasteiger charge is 2.14. The van der Waals surface area contributed by atoms with Crippen LogP contribution in [0.15, 0.2) is 47.5 Å². The number of pyridine rings is 1. The summed E-state index contributed by atoms with van der Waals surface area (Å²) < 4.78 is 39.2. The minimum Gasteiger partial charge on any atom is -0.263 e. The van der Waals surface area contributed by atoms with E-state index in [-0.39, 0.29) is 10.7 Å². The third kappa shape index (κ3) is 3.68. The van der Waals surface area contributed by atoms with Crippen LogP contribution in [0.2, 0.25) is 0 Å². The molecule has 0 spiro atoms. The smallest absolute Gasteiger partial charge is 0.263 e. The Labute approximate surface area is 121 Å². The van der Waals surface area contributed by atoms with Gasteiger partial charge in [-0.3, -0.25) is 4.72 Å². The highest BCUT2D eigenvalue weighted by atomic mass is 35.5. The molecule has 4 nitrogen and oxygen atoms in total. The maximum Gasteiger partial charge on any atom is 0.263 e. The second-order valence-electron chi connectivity index (χ2n) is 4.05. The first-order valence-corrected chi connectivity index (χ1v) is 7.82. The van der Waals surface area contributed by atoms with E-state index in [1.807, 2.05) is 0 Å². The van der Waals surface area contributed by atoms with Gasteiger partial charge in [-0.1, -0.05) is 12.1 Å². The zero-order valence-electron chi connectivity index (χ0n) is 10.4. The summed E-state index contributed by atoms with van der Waals surface area (Å²) in [5.74, 6) is 0.0127. The largest absolute Gasteiger partial charge is 0.263 e. The van der Waals surface area contributed by atoms with Crippen LogP contribution in [0.1, 0.15) is 5.56 Å². The van der Waals surface area contributed by atoms with Gasteiger partial charge >= 0.3 is 0 Å². The summed E-state index contributed by atoms with van der Waals surface area (Å²) >= 11 is 5.62. The van der Waals surface area contributed by atoms with Crippen molar-refractivity contribution >= 4 is 27.4 Å². The monoisotopic (exact) mass is 314 g/mol. The predicted molar refractivity (Wildman–Crippen MR) is 75.9 cm³/mol. The van der Waals surface area contributed by atoms with E-state index in [0.29, 0.717) is 12.3 Å². The molecular formula is C13H12ClFN2O2S. The van der Waals surface area contributed by atoms with Crippen LogP contribution < -0.4 is 4.72 Å². The SMILES string of the molecule is O=S(=O)(Nc1ccc(F)cn1)c1ccc(CCCl)cc1. The first kappa shape index (κ1) is 14.7. The topological polar surface area (TPSA) is 59.1 Å². The van der Waals surface area contributed by atoms with Gasteiger partial charge in [-0.05, 0) is 36.2 Å². The fraction of sp³-hybridized carbons (Fsp3) is 0.154. The van der Waals surface area contributed by atoms with Gasteiger partial charge in [-0.2, -0.15) is 0 Å². The van der Waals surface area contributed by atoms with Crippen LogP contribution in [0.25, 0.3) is 0 Å². The number of hydrogen-bond donors (Lipinski definition) is 1. The predicted octanol–water partition coefficient (Wildman–Crippen LogP) is 2.80. The second-order valence-corrected chi connectivity index (χ2v) is 6.11. The second kappa shape index (κ2) is 6.19. The Bertz CT molecular complexity index is 673. The first-order valence-electron chi connectivity index (χ1n) is 5.80. The van der Waals surface area contributed by atoms with E-state index in [0.717, 1.165) is 17.8 Å². The molecule has 1 N–H and O–H groups in total. The quantitative estimate of drug-likeness (QED) is 0.863. The molecule has 0 saturated carbocycles. The highest BCUT2D eigenvalue weighted by Crippen LogP contribution is 2.15. The lowest BCUT2D eigenvalue weighted by Crippen LogP contribution is -2.13. The summed E-state index contributed by atoms with van der Waals surface area (Å²) in [4.78, 5) is 3.77. The Morgan fingerprint density at radius 1 is 1.15 bits per heavy atom. The van der Waals surface area contributed by atoms with Crippen molar-refractivity contribution in [1.29, 1.82) is 0 Å². The molecule has 0 saturated heterocycles. The number of nitrogens with zero attached hydrogens (tertiary/aromatic N) is 1. The lowest BCUT2D eigenvalue weighted by Gasteiger charge is -2.07. The number of aryl methyl sites for hydroxylation is 1. The zero-order valence-corrected chi connectivity index (χ0v) is 12.0. The van der Waals surface area contributed by atoms with Gasteiger partial charge in [-0.25, -0.2) is 17.8 Å². The lowest BCUT2D eigenvalue weighted by molar-refractivity contribution is 0.600. The summed E-state index contributed by atoms with van der Waals surface area (Å²) in [7, 11) is -3.73. The molecule has 20 heavy (non-hydrogen) atoms. The van der Waals surface area contributed by atoms with Crippen molar-refractivity contribution < 1.29 is 12.8 Å². The highest BCUT2D eigenvalue weighted by molar-refractivity contribution is 7.92. The molecule has 0 unspecified atom stereocenters. The molecule has 1 aromatic heterocycles. The molecule has 0 bridgehead atoms. The molecule has 106 valence electrons. The maximum atomic E-state index is 12.7. The molecule has 2 rings (SSSR count). The van der Waals surface area contributed by atoms with Crippen LogP contribution >= 0.6 is 11.6 Å². The number of aromatic nitrogens is 1. The van der Waals surface area contributed by atoms with Gasteiger partial charge in [0.1, 0.15) is 11.6 Å². The Morgan fingerprint density at radius 2 is 1.85 bits per heavy atom. The van der Waals surface area contributed by atoms with Crippen molar-refractivity contribution in [2.24, 2.45) is 0 Å². The summed E-state index contributed by atoms with van der Waals surface area (Å²) in [5.41, 5.74) is 0.957. The standard InChI is InChI=1S/C13H12ClFN2O2S/c14-8-7-10-1-4-12(5-2-10)20(18,19)17-13-6-3-11(15)9-16-13/h1-6,9H,7-8H2,(H,16,17). The van der Waals surface area contributed by atoms with Crippen LogP contribution in [-0.4, -0.2) is 19.3 Å².